The van der Waals surface area contributed by atoms with Gasteiger partial charge in [-0.1, -0.05) is 0 Å². The van der Waals surface area contributed by atoms with Gasteiger partial charge in [0.2, 0.25) is 0 Å². The van der Waals surface area contributed by atoms with Gasteiger partial charge >= 0.3 is 0 Å². The van der Waals surface area contributed by atoms with E-state index in [0.29, 0.717) is 11.0 Å². The van der Waals surface area contributed by atoms with E-state index < -0.39 is 0 Å². The number of hydrogen-bond acceptors (Lipinski definition) is 6. The molecule has 2 aliphatic rings. The zero-order valence-electron chi connectivity index (χ0n) is 18.1. The molecule has 0 saturated carbocycles. The van der Waals surface area contributed by atoms with Gasteiger partial charge in [-0.05, 0) is 24.6 Å². The summed E-state index contributed by atoms with van der Waals surface area (Å²) < 4.78 is 3.55. The molecule has 0 aromatic carbocycles. The van der Waals surface area contributed by atoms with Crippen LogP contribution >= 0.6 is 24.8 Å². The quantitative estimate of drug-likeness (QED) is 0.481. The van der Waals surface area contributed by atoms with Crippen LogP contribution in [0.3, 0.4) is 0 Å². The van der Waals surface area contributed by atoms with E-state index in [1.807, 2.05) is 31.8 Å². The maximum atomic E-state index is 9.61. The van der Waals surface area contributed by atoms with E-state index in [2.05, 4.69) is 44.7 Å². The van der Waals surface area contributed by atoms with Crippen LogP contribution in [0, 0.1) is 16.7 Å². The van der Waals surface area contributed by atoms with Gasteiger partial charge in [0, 0.05) is 79.5 Å². The minimum absolute atomic E-state index is 0. The molecular weight excluding hydrogens is 459 g/mol. The molecule has 0 atom stereocenters. The summed E-state index contributed by atoms with van der Waals surface area (Å²) in [5.74, 6) is 1.01. The minimum Gasteiger partial charge on any atom is -0.356 e. The molecule has 8 nitrogen and oxygen atoms in total. The van der Waals surface area contributed by atoms with Gasteiger partial charge in [0.1, 0.15) is 11.9 Å². The standard InChI is InChI=1S/C23H22N8.2ClH/c1-29-11-19(10-27-29)17-6-20(22-18(7-24)9-28-31(22)12-17)16-2-3-21(26-8-16)30-5-4-23(15-30)13-25-14-23;;/h2-3,6,8-12,25H,4-5,13-15H2,1H3;2*1H. The van der Waals surface area contributed by atoms with Crippen molar-refractivity contribution < 1.29 is 0 Å². The predicted octanol–water partition coefficient (Wildman–Crippen LogP) is 3.31. The normalized spacial score (nSPS) is 16.2. The first-order valence-corrected chi connectivity index (χ1v) is 10.5. The van der Waals surface area contributed by atoms with Gasteiger partial charge in [-0.25, -0.2) is 9.50 Å². The largest absolute Gasteiger partial charge is 0.356 e. The van der Waals surface area contributed by atoms with Crippen LogP contribution in [0.25, 0.3) is 27.8 Å². The second-order valence-corrected chi connectivity index (χ2v) is 8.69. The summed E-state index contributed by atoms with van der Waals surface area (Å²) in [6.45, 7) is 4.34. The van der Waals surface area contributed by atoms with E-state index in [0.717, 1.165) is 59.8 Å². The number of aromatic nitrogens is 5. The molecule has 0 aliphatic carbocycles. The molecule has 170 valence electrons. The summed E-state index contributed by atoms with van der Waals surface area (Å²) in [6, 6.07) is 8.55. The third kappa shape index (κ3) is 3.82. The molecule has 0 unspecified atom stereocenters. The molecule has 2 fully saturated rings. The van der Waals surface area contributed by atoms with Crippen LogP contribution in [-0.2, 0) is 7.05 Å². The van der Waals surface area contributed by atoms with Gasteiger partial charge in [-0.2, -0.15) is 15.5 Å². The summed E-state index contributed by atoms with van der Waals surface area (Å²) in [5.41, 5.74) is 5.68. The second kappa shape index (κ2) is 8.67. The molecule has 6 rings (SSSR count). The molecule has 0 amide bonds. The van der Waals surface area contributed by atoms with Crippen molar-refractivity contribution in [1.29, 1.82) is 5.26 Å². The van der Waals surface area contributed by atoms with Crippen molar-refractivity contribution in [3.8, 4) is 28.3 Å². The van der Waals surface area contributed by atoms with Crippen LogP contribution < -0.4 is 10.2 Å². The fourth-order valence-electron chi connectivity index (χ4n) is 4.78. The number of nitrogens with one attached hydrogen (secondary N) is 1. The van der Waals surface area contributed by atoms with Gasteiger partial charge in [0.15, 0.2) is 0 Å². The van der Waals surface area contributed by atoms with Gasteiger partial charge in [0.25, 0.3) is 0 Å². The summed E-state index contributed by atoms with van der Waals surface area (Å²) in [4.78, 5) is 7.17. The molecule has 10 heteroatoms. The Balaban J connectivity index is 0.00000130. The molecule has 1 spiro atoms. The van der Waals surface area contributed by atoms with Gasteiger partial charge in [0.05, 0.1) is 23.5 Å². The molecule has 2 aliphatic heterocycles. The fourth-order valence-corrected chi connectivity index (χ4v) is 4.78. The summed E-state index contributed by atoms with van der Waals surface area (Å²) >= 11 is 0. The Morgan fingerprint density at radius 3 is 2.48 bits per heavy atom. The summed E-state index contributed by atoms with van der Waals surface area (Å²) in [6.07, 6.45) is 10.5. The van der Waals surface area contributed by atoms with E-state index in [9.17, 15) is 5.26 Å². The van der Waals surface area contributed by atoms with Crippen LogP contribution in [0.4, 0.5) is 5.82 Å². The lowest BCUT2D eigenvalue weighted by Crippen LogP contribution is -2.54. The fraction of sp³-hybridized carbons (Fsp3) is 0.304. The summed E-state index contributed by atoms with van der Waals surface area (Å²) in [7, 11) is 1.90. The van der Waals surface area contributed by atoms with Crippen LogP contribution in [0.5, 0.6) is 0 Å². The summed E-state index contributed by atoms with van der Waals surface area (Å²) in [5, 5.41) is 21.7. The zero-order valence-corrected chi connectivity index (χ0v) is 19.7. The lowest BCUT2D eigenvalue weighted by molar-refractivity contribution is 0.199. The van der Waals surface area contributed by atoms with Gasteiger partial charge in [-0.15, -0.1) is 24.8 Å². The average Bonchev–Trinajstić information content (AvgIpc) is 3.50. The van der Waals surface area contributed by atoms with Crippen molar-refractivity contribution in [2.75, 3.05) is 31.1 Å². The van der Waals surface area contributed by atoms with Gasteiger partial charge < -0.3 is 10.2 Å². The highest BCUT2D eigenvalue weighted by Gasteiger charge is 2.43. The first-order chi connectivity index (χ1) is 15.1. The third-order valence-corrected chi connectivity index (χ3v) is 6.59. The Morgan fingerprint density at radius 1 is 1.03 bits per heavy atom. The van der Waals surface area contributed by atoms with E-state index >= 15 is 0 Å². The smallest absolute Gasteiger partial charge is 0.128 e. The van der Waals surface area contributed by atoms with E-state index in [1.54, 1.807) is 15.4 Å². The SMILES string of the molecule is Cl.Cl.Cn1cc(-c2cc(-c3ccc(N4CCC5(CNC5)C4)nc3)c3c(C#N)cnn3c2)cn1. The van der Waals surface area contributed by atoms with Crippen molar-refractivity contribution in [3.63, 3.8) is 0 Å². The van der Waals surface area contributed by atoms with E-state index in [1.165, 1.54) is 6.42 Å². The molecule has 33 heavy (non-hydrogen) atoms. The molecule has 4 aromatic heterocycles. The van der Waals surface area contributed by atoms with E-state index in [4.69, 9.17) is 4.98 Å². The number of hydrogen-bond donors (Lipinski definition) is 1. The predicted molar refractivity (Wildman–Crippen MR) is 132 cm³/mol. The van der Waals surface area contributed by atoms with Crippen LogP contribution in [-0.4, -0.2) is 50.6 Å². The Bertz CT molecular complexity index is 1330. The van der Waals surface area contributed by atoms with E-state index in [-0.39, 0.29) is 24.8 Å². The van der Waals surface area contributed by atoms with Crippen LogP contribution in [0.2, 0.25) is 0 Å². The van der Waals surface area contributed by atoms with Crippen molar-refractivity contribution in [1.82, 2.24) is 29.7 Å². The van der Waals surface area contributed by atoms with Crippen molar-refractivity contribution >= 4 is 36.1 Å². The number of rotatable bonds is 3. The Labute approximate surface area is 204 Å². The van der Waals surface area contributed by atoms with Crippen LogP contribution in [0.15, 0.2) is 49.2 Å². The maximum absolute atomic E-state index is 9.61. The number of nitrogens with zero attached hydrogens (tertiary/aromatic N) is 7. The lowest BCUT2D eigenvalue weighted by Gasteiger charge is -2.39. The number of aryl methyl sites for hydroxylation is 1. The third-order valence-electron chi connectivity index (χ3n) is 6.59. The Hall–Kier alpha value is -3.12. The Kier molecular flexibility index (Phi) is 6.06. The van der Waals surface area contributed by atoms with Gasteiger partial charge in [-0.3, -0.25) is 4.68 Å². The monoisotopic (exact) mass is 482 g/mol. The minimum atomic E-state index is 0. The number of pyridine rings is 2. The molecule has 2 saturated heterocycles. The van der Waals surface area contributed by atoms with Crippen LogP contribution in [0.1, 0.15) is 12.0 Å². The molecular formula is C23H24Cl2N8. The lowest BCUT2D eigenvalue weighted by atomic mass is 9.81. The van der Waals surface area contributed by atoms with Crippen molar-refractivity contribution in [3.05, 3.63) is 54.7 Å². The molecule has 0 radical (unpaired) electrons. The average molecular weight is 483 g/mol. The highest BCUT2D eigenvalue weighted by Crippen LogP contribution is 2.37. The van der Waals surface area contributed by atoms with Crippen molar-refractivity contribution in [2.24, 2.45) is 12.5 Å². The number of fused-ring (bicyclic) bond motifs is 1. The number of halogens is 2. The molecule has 4 aromatic rings. The topological polar surface area (TPSA) is 87.1 Å². The second-order valence-electron chi connectivity index (χ2n) is 8.69. The highest BCUT2D eigenvalue weighted by atomic mass is 35.5. The molecule has 0 bridgehead atoms. The highest BCUT2D eigenvalue weighted by molar-refractivity contribution is 5.87. The van der Waals surface area contributed by atoms with Crippen molar-refractivity contribution in [2.45, 2.75) is 6.42 Å². The molecule has 1 N–H and O–H groups in total. The maximum Gasteiger partial charge on any atom is 0.128 e. The Morgan fingerprint density at radius 2 is 1.88 bits per heavy atom. The first kappa shape index (κ1) is 23.1. The number of anilines is 1. The molecule has 6 heterocycles. The first-order valence-electron chi connectivity index (χ1n) is 10.5. The zero-order chi connectivity index (χ0) is 21.0. The number of nitriles is 1.